The molecule has 6 nitrogen and oxygen atoms in total. The number of nitrogens with zero attached hydrogens (tertiary/aromatic N) is 2. The second-order valence-corrected chi connectivity index (χ2v) is 5.35. The molecule has 2 aromatic rings. The highest BCUT2D eigenvalue weighted by Crippen LogP contribution is 2.29. The third kappa shape index (κ3) is 3.40. The molecule has 22 heavy (non-hydrogen) atoms. The van der Waals surface area contributed by atoms with E-state index in [0.717, 1.165) is 12.1 Å². The summed E-state index contributed by atoms with van der Waals surface area (Å²) in [7, 11) is 1.87. The fraction of sp³-hybridized carbons (Fsp3) is 0.333. The summed E-state index contributed by atoms with van der Waals surface area (Å²) in [4.78, 5) is 12.4. The summed E-state index contributed by atoms with van der Waals surface area (Å²) < 4.78 is 1.75. The van der Waals surface area contributed by atoms with Gasteiger partial charge in [-0.1, -0.05) is 0 Å². The molecule has 0 spiro atoms. The number of carbonyl (C=O) groups excluding carboxylic acids is 1. The van der Waals surface area contributed by atoms with Crippen molar-refractivity contribution in [2.24, 2.45) is 13.0 Å². The van der Waals surface area contributed by atoms with Gasteiger partial charge in [0.2, 0.25) is 5.91 Å². The Morgan fingerprint density at radius 1 is 1.36 bits per heavy atom. The van der Waals surface area contributed by atoms with Gasteiger partial charge in [-0.05, 0) is 29.8 Å². The monoisotopic (exact) mass is 322 g/mol. The molecule has 1 aliphatic heterocycles. The van der Waals surface area contributed by atoms with Crippen molar-refractivity contribution >= 4 is 24.0 Å². The van der Waals surface area contributed by atoms with E-state index in [1.165, 1.54) is 0 Å². The molecular formula is C15H19ClN4O2. The molecule has 0 saturated carbocycles. The number of halogens is 1. The predicted octanol–water partition coefficient (Wildman–Crippen LogP) is 1.49. The summed E-state index contributed by atoms with van der Waals surface area (Å²) in [6.45, 7) is 1.43. The highest BCUT2D eigenvalue weighted by Gasteiger charge is 2.34. The number of rotatable bonds is 3. The summed E-state index contributed by atoms with van der Waals surface area (Å²) in [5, 5.41) is 19.6. The zero-order valence-electron chi connectivity index (χ0n) is 12.2. The lowest BCUT2D eigenvalue weighted by atomic mass is 9.90. The van der Waals surface area contributed by atoms with Crippen LogP contribution in [0, 0.1) is 5.92 Å². The van der Waals surface area contributed by atoms with Crippen molar-refractivity contribution in [2.75, 3.05) is 18.4 Å². The van der Waals surface area contributed by atoms with Crippen LogP contribution >= 0.6 is 12.4 Å². The van der Waals surface area contributed by atoms with Crippen LogP contribution in [0.3, 0.4) is 0 Å². The molecule has 1 amide bonds. The van der Waals surface area contributed by atoms with Crippen LogP contribution in [0.15, 0.2) is 36.7 Å². The third-order valence-corrected chi connectivity index (χ3v) is 3.84. The number of phenolic OH excluding ortho intramolecular Hbond substituents is 1. The summed E-state index contributed by atoms with van der Waals surface area (Å²) in [6, 6.07) is 6.49. The molecule has 0 aliphatic carbocycles. The van der Waals surface area contributed by atoms with Crippen LogP contribution in [0.25, 0.3) is 0 Å². The fourth-order valence-corrected chi connectivity index (χ4v) is 2.72. The lowest BCUT2D eigenvalue weighted by Crippen LogP contribution is -2.27. The maximum absolute atomic E-state index is 12.4. The Balaban J connectivity index is 0.00000176. The number of benzene rings is 1. The molecule has 7 heteroatoms. The van der Waals surface area contributed by atoms with E-state index >= 15 is 0 Å². The van der Waals surface area contributed by atoms with Crippen LogP contribution in [-0.4, -0.2) is 33.9 Å². The standard InChI is InChI=1S/C15H18N4O2.ClH/c1-19-9-10(6-17-19)13-7-16-8-14(13)15(21)18-11-2-4-12(20)5-3-11;/h2-6,9,13-14,16,20H,7-8H2,1H3,(H,18,21);1H/t13-,14+;/m1./s1. The third-order valence-electron chi connectivity index (χ3n) is 3.84. The van der Waals surface area contributed by atoms with Crippen LogP contribution < -0.4 is 10.6 Å². The SMILES string of the molecule is Cl.Cn1cc([C@H]2CNC[C@@H]2C(=O)Nc2ccc(O)cc2)cn1. The van der Waals surface area contributed by atoms with Crippen LogP contribution in [0.2, 0.25) is 0 Å². The van der Waals surface area contributed by atoms with Gasteiger partial charge in [-0.3, -0.25) is 9.48 Å². The van der Waals surface area contributed by atoms with Gasteiger partial charge in [-0.15, -0.1) is 12.4 Å². The minimum Gasteiger partial charge on any atom is -0.508 e. The number of anilines is 1. The van der Waals surface area contributed by atoms with Crippen molar-refractivity contribution in [3.8, 4) is 5.75 Å². The number of aromatic hydroxyl groups is 1. The van der Waals surface area contributed by atoms with Gasteiger partial charge >= 0.3 is 0 Å². The maximum atomic E-state index is 12.4. The van der Waals surface area contributed by atoms with Crippen molar-refractivity contribution < 1.29 is 9.90 Å². The number of nitrogens with one attached hydrogen (secondary N) is 2. The van der Waals surface area contributed by atoms with E-state index < -0.39 is 0 Å². The Morgan fingerprint density at radius 3 is 2.73 bits per heavy atom. The minimum absolute atomic E-state index is 0. The summed E-state index contributed by atoms with van der Waals surface area (Å²) >= 11 is 0. The molecule has 0 unspecified atom stereocenters. The second-order valence-electron chi connectivity index (χ2n) is 5.35. The zero-order valence-corrected chi connectivity index (χ0v) is 13.0. The van der Waals surface area contributed by atoms with Gasteiger partial charge in [-0.25, -0.2) is 0 Å². The second kappa shape index (κ2) is 6.81. The number of hydrogen-bond acceptors (Lipinski definition) is 4. The van der Waals surface area contributed by atoms with Crippen molar-refractivity contribution in [1.29, 1.82) is 0 Å². The van der Waals surface area contributed by atoms with E-state index in [4.69, 9.17) is 0 Å². The molecule has 3 N–H and O–H groups in total. The zero-order chi connectivity index (χ0) is 14.8. The van der Waals surface area contributed by atoms with Gasteiger partial charge in [0.1, 0.15) is 5.75 Å². The van der Waals surface area contributed by atoms with E-state index in [9.17, 15) is 9.90 Å². The molecule has 3 rings (SSSR count). The number of aryl methyl sites for hydroxylation is 1. The first-order valence-corrected chi connectivity index (χ1v) is 6.92. The highest BCUT2D eigenvalue weighted by molar-refractivity contribution is 5.93. The lowest BCUT2D eigenvalue weighted by molar-refractivity contribution is -0.119. The molecule has 118 valence electrons. The summed E-state index contributed by atoms with van der Waals surface area (Å²) in [5.41, 5.74) is 1.77. The summed E-state index contributed by atoms with van der Waals surface area (Å²) in [6.07, 6.45) is 3.77. The Kier molecular flexibility index (Phi) is 5.05. The van der Waals surface area contributed by atoms with Gasteiger partial charge < -0.3 is 15.7 Å². The molecule has 2 heterocycles. The Hall–Kier alpha value is -2.05. The quantitative estimate of drug-likeness (QED) is 0.748. The topological polar surface area (TPSA) is 79.2 Å². The average molecular weight is 323 g/mol. The molecule has 1 aromatic heterocycles. The average Bonchev–Trinajstić information content (AvgIpc) is 3.09. The first-order valence-electron chi connectivity index (χ1n) is 6.92. The smallest absolute Gasteiger partial charge is 0.229 e. The van der Waals surface area contributed by atoms with Gasteiger partial charge in [0, 0.05) is 37.9 Å². The van der Waals surface area contributed by atoms with E-state index in [0.29, 0.717) is 12.2 Å². The van der Waals surface area contributed by atoms with Crippen molar-refractivity contribution in [3.63, 3.8) is 0 Å². The first-order chi connectivity index (χ1) is 10.1. The molecule has 0 radical (unpaired) electrons. The molecule has 1 aliphatic rings. The predicted molar refractivity (Wildman–Crippen MR) is 86.3 cm³/mol. The van der Waals surface area contributed by atoms with E-state index in [1.807, 2.05) is 19.4 Å². The Morgan fingerprint density at radius 2 is 2.09 bits per heavy atom. The minimum atomic E-state index is -0.122. The molecular weight excluding hydrogens is 304 g/mol. The maximum Gasteiger partial charge on any atom is 0.229 e. The largest absolute Gasteiger partial charge is 0.508 e. The fourth-order valence-electron chi connectivity index (χ4n) is 2.72. The number of hydrogen-bond donors (Lipinski definition) is 3. The van der Waals surface area contributed by atoms with Gasteiger partial charge in [-0.2, -0.15) is 5.10 Å². The molecule has 1 aromatic carbocycles. The van der Waals surface area contributed by atoms with Crippen LogP contribution in [0.4, 0.5) is 5.69 Å². The van der Waals surface area contributed by atoms with Crippen molar-refractivity contribution in [1.82, 2.24) is 15.1 Å². The summed E-state index contributed by atoms with van der Waals surface area (Å²) in [5.74, 6) is 0.183. The number of carbonyl (C=O) groups is 1. The van der Waals surface area contributed by atoms with Crippen LogP contribution in [0.1, 0.15) is 11.5 Å². The Bertz CT molecular complexity index is 641. The van der Waals surface area contributed by atoms with E-state index in [-0.39, 0.29) is 35.9 Å². The Labute approximate surface area is 134 Å². The van der Waals surface area contributed by atoms with Crippen molar-refractivity contribution in [3.05, 3.63) is 42.2 Å². The highest BCUT2D eigenvalue weighted by atomic mass is 35.5. The first kappa shape index (κ1) is 16.3. The van der Waals surface area contributed by atoms with Gasteiger partial charge in [0.25, 0.3) is 0 Å². The molecule has 1 fully saturated rings. The number of phenols is 1. The molecule has 2 atom stereocenters. The number of amides is 1. The van der Waals surface area contributed by atoms with Crippen LogP contribution in [0.5, 0.6) is 5.75 Å². The van der Waals surface area contributed by atoms with E-state index in [1.54, 1.807) is 28.9 Å². The lowest BCUT2D eigenvalue weighted by Gasteiger charge is -2.17. The molecule has 0 bridgehead atoms. The molecule has 1 saturated heterocycles. The normalized spacial score (nSPS) is 20.4. The van der Waals surface area contributed by atoms with E-state index in [2.05, 4.69) is 15.7 Å². The van der Waals surface area contributed by atoms with Gasteiger partial charge in [0.05, 0.1) is 12.1 Å². The van der Waals surface area contributed by atoms with Crippen molar-refractivity contribution in [2.45, 2.75) is 5.92 Å². The van der Waals surface area contributed by atoms with Crippen LogP contribution in [-0.2, 0) is 11.8 Å². The van der Waals surface area contributed by atoms with Gasteiger partial charge in [0.15, 0.2) is 0 Å². The number of aromatic nitrogens is 2.